The van der Waals surface area contributed by atoms with Crippen LogP contribution in [0.2, 0.25) is 0 Å². The Morgan fingerprint density at radius 2 is 1.71 bits per heavy atom. The lowest BCUT2D eigenvalue weighted by Gasteiger charge is -2.26. The Morgan fingerprint density at radius 1 is 1.06 bits per heavy atom. The van der Waals surface area contributed by atoms with Crippen molar-refractivity contribution in [3.05, 3.63) is 59.7 Å². The van der Waals surface area contributed by atoms with Crippen molar-refractivity contribution in [2.75, 3.05) is 32.9 Å². The van der Waals surface area contributed by atoms with E-state index in [1.807, 2.05) is 24.3 Å². The van der Waals surface area contributed by atoms with E-state index in [1.165, 1.54) is 4.31 Å². The van der Waals surface area contributed by atoms with Crippen LogP contribution in [0.3, 0.4) is 0 Å². The minimum Gasteiger partial charge on any atom is -0.483 e. The molecule has 31 heavy (non-hydrogen) atoms. The van der Waals surface area contributed by atoms with Gasteiger partial charge in [-0.3, -0.25) is 4.79 Å². The Hall–Kier alpha value is -2.42. The number of morpholine rings is 1. The number of sulfonamides is 1. The normalized spacial score (nSPS) is 15.5. The SMILES string of the molecule is CC(C)(C)c1ccccc1OCC(=O)NCc1ccc(S(=O)(=O)N2CCOCC2)cc1. The van der Waals surface area contributed by atoms with Crippen molar-refractivity contribution < 1.29 is 22.7 Å². The first-order valence-electron chi connectivity index (χ1n) is 10.3. The van der Waals surface area contributed by atoms with Crippen LogP contribution in [-0.2, 0) is 31.5 Å². The molecular formula is C23H30N2O5S. The number of carbonyl (C=O) groups excluding carboxylic acids is 1. The Labute approximate surface area is 184 Å². The number of para-hydroxylation sites is 1. The second kappa shape index (κ2) is 9.80. The minimum atomic E-state index is -3.52. The largest absolute Gasteiger partial charge is 0.483 e. The van der Waals surface area contributed by atoms with Crippen LogP contribution in [0.1, 0.15) is 31.9 Å². The number of nitrogens with one attached hydrogen (secondary N) is 1. The lowest BCUT2D eigenvalue weighted by atomic mass is 9.86. The number of nitrogens with zero attached hydrogens (tertiary/aromatic N) is 1. The number of hydrogen-bond acceptors (Lipinski definition) is 5. The standard InChI is InChI=1S/C23H30N2O5S/c1-23(2,3)20-6-4-5-7-21(20)30-17-22(26)24-16-18-8-10-19(11-9-18)31(27,28)25-12-14-29-15-13-25/h4-11H,12-17H2,1-3H3,(H,24,26). The Balaban J connectivity index is 1.53. The number of hydrogen-bond donors (Lipinski definition) is 1. The summed E-state index contributed by atoms with van der Waals surface area (Å²) >= 11 is 0. The van der Waals surface area contributed by atoms with Crippen molar-refractivity contribution in [2.24, 2.45) is 0 Å². The monoisotopic (exact) mass is 446 g/mol. The molecule has 1 aliphatic heterocycles. The van der Waals surface area contributed by atoms with Gasteiger partial charge in [0, 0.05) is 19.6 Å². The first-order valence-corrected chi connectivity index (χ1v) is 11.8. The van der Waals surface area contributed by atoms with E-state index < -0.39 is 10.0 Å². The molecule has 1 amide bonds. The highest BCUT2D eigenvalue weighted by Gasteiger charge is 2.26. The summed E-state index contributed by atoms with van der Waals surface area (Å²) in [5, 5.41) is 2.81. The van der Waals surface area contributed by atoms with Gasteiger partial charge in [0.2, 0.25) is 10.0 Å². The predicted octanol–water partition coefficient (Wildman–Crippen LogP) is 2.70. The van der Waals surface area contributed by atoms with Crippen LogP contribution in [0.15, 0.2) is 53.4 Å². The fraction of sp³-hybridized carbons (Fsp3) is 0.435. The molecule has 0 spiro atoms. The molecule has 0 unspecified atom stereocenters. The number of amides is 1. The summed E-state index contributed by atoms with van der Waals surface area (Å²) in [7, 11) is -3.52. The van der Waals surface area contributed by atoms with Crippen LogP contribution >= 0.6 is 0 Å². The van der Waals surface area contributed by atoms with Gasteiger partial charge in [0.25, 0.3) is 5.91 Å². The van der Waals surface area contributed by atoms with Gasteiger partial charge in [0.05, 0.1) is 18.1 Å². The highest BCUT2D eigenvalue weighted by atomic mass is 32.2. The molecule has 8 heteroatoms. The van der Waals surface area contributed by atoms with E-state index >= 15 is 0 Å². The van der Waals surface area contributed by atoms with Gasteiger partial charge in [-0.15, -0.1) is 0 Å². The molecule has 0 bridgehead atoms. The second-order valence-corrected chi connectivity index (χ2v) is 10.4. The van der Waals surface area contributed by atoms with E-state index in [1.54, 1.807) is 24.3 Å². The van der Waals surface area contributed by atoms with Gasteiger partial charge in [0.1, 0.15) is 5.75 Å². The van der Waals surface area contributed by atoms with Gasteiger partial charge in [-0.1, -0.05) is 51.1 Å². The maximum atomic E-state index is 12.7. The Kier molecular flexibility index (Phi) is 7.35. The first-order chi connectivity index (χ1) is 14.7. The zero-order valence-corrected chi connectivity index (χ0v) is 19.1. The zero-order chi connectivity index (χ0) is 22.5. The van der Waals surface area contributed by atoms with Crippen LogP contribution in [0.25, 0.3) is 0 Å². The molecule has 1 saturated heterocycles. The van der Waals surface area contributed by atoms with Crippen molar-refractivity contribution in [3.63, 3.8) is 0 Å². The summed E-state index contributed by atoms with van der Waals surface area (Å²) < 4.78 is 37.7. The van der Waals surface area contributed by atoms with Crippen molar-refractivity contribution in [3.8, 4) is 5.75 Å². The van der Waals surface area contributed by atoms with Crippen molar-refractivity contribution in [1.29, 1.82) is 0 Å². The average molecular weight is 447 g/mol. The summed E-state index contributed by atoms with van der Waals surface area (Å²) in [6, 6.07) is 14.3. The van der Waals surface area contributed by atoms with Crippen LogP contribution in [-0.4, -0.2) is 51.5 Å². The van der Waals surface area contributed by atoms with E-state index in [0.29, 0.717) is 38.6 Å². The molecule has 7 nitrogen and oxygen atoms in total. The molecule has 1 aliphatic rings. The third-order valence-electron chi connectivity index (χ3n) is 5.07. The molecule has 0 atom stereocenters. The molecule has 1 heterocycles. The third-order valence-corrected chi connectivity index (χ3v) is 6.99. The second-order valence-electron chi connectivity index (χ2n) is 8.47. The maximum absolute atomic E-state index is 12.7. The Morgan fingerprint density at radius 3 is 2.35 bits per heavy atom. The van der Waals surface area contributed by atoms with E-state index in [2.05, 4.69) is 26.1 Å². The van der Waals surface area contributed by atoms with Crippen molar-refractivity contribution in [1.82, 2.24) is 9.62 Å². The molecule has 1 N–H and O–H groups in total. The molecule has 0 radical (unpaired) electrons. The fourth-order valence-corrected chi connectivity index (χ4v) is 4.73. The quantitative estimate of drug-likeness (QED) is 0.707. The first kappa shape index (κ1) is 23.2. The molecule has 2 aromatic carbocycles. The van der Waals surface area contributed by atoms with Crippen LogP contribution in [0.4, 0.5) is 0 Å². The number of rotatable bonds is 7. The number of ether oxygens (including phenoxy) is 2. The minimum absolute atomic E-state index is 0.0867. The summed E-state index contributed by atoms with van der Waals surface area (Å²) in [5.41, 5.74) is 1.76. The molecule has 2 aromatic rings. The molecular weight excluding hydrogens is 416 g/mol. The smallest absolute Gasteiger partial charge is 0.258 e. The average Bonchev–Trinajstić information content (AvgIpc) is 2.76. The van der Waals surface area contributed by atoms with E-state index in [0.717, 1.165) is 11.1 Å². The molecule has 1 fully saturated rings. The van der Waals surface area contributed by atoms with Crippen molar-refractivity contribution >= 4 is 15.9 Å². The van der Waals surface area contributed by atoms with Gasteiger partial charge in [-0.25, -0.2) is 8.42 Å². The zero-order valence-electron chi connectivity index (χ0n) is 18.3. The molecule has 3 rings (SSSR count). The molecule has 0 aromatic heterocycles. The van der Waals surface area contributed by atoms with Gasteiger partial charge >= 0.3 is 0 Å². The van der Waals surface area contributed by atoms with E-state index in [9.17, 15) is 13.2 Å². The van der Waals surface area contributed by atoms with Gasteiger partial charge in [-0.05, 0) is 34.7 Å². The lowest BCUT2D eigenvalue weighted by molar-refractivity contribution is -0.123. The highest BCUT2D eigenvalue weighted by Crippen LogP contribution is 2.30. The summed E-state index contributed by atoms with van der Waals surface area (Å²) in [6.07, 6.45) is 0. The van der Waals surface area contributed by atoms with Crippen LogP contribution < -0.4 is 10.1 Å². The highest BCUT2D eigenvalue weighted by molar-refractivity contribution is 7.89. The van der Waals surface area contributed by atoms with E-state index in [4.69, 9.17) is 9.47 Å². The third kappa shape index (κ3) is 6.06. The lowest BCUT2D eigenvalue weighted by Crippen LogP contribution is -2.40. The van der Waals surface area contributed by atoms with Crippen molar-refractivity contribution in [2.45, 2.75) is 37.6 Å². The molecule has 168 valence electrons. The predicted molar refractivity (Wildman–Crippen MR) is 119 cm³/mol. The van der Waals surface area contributed by atoms with Gasteiger partial charge in [0.15, 0.2) is 6.61 Å². The number of carbonyl (C=O) groups is 1. The number of benzene rings is 2. The maximum Gasteiger partial charge on any atom is 0.258 e. The fourth-order valence-electron chi connectivity index (χ4n) is 3.32. The van der Waals surface area contributed by atoms with Gasteiger partial charge < -0.3 is 14.8 Å². The van der Waals surface area contributed by atoms with Gasteiger partial charge in [-0.2, -0.15) is 4.31 Å². The van der Waals surface area contributed by atoms with E-state index in [-0.39, 0.29) is 22.8 Å². The summed E-state index contributed by atoms with van der Waals surface area (Å²) in [4.78, 5) is 12.5. The van der Waals surface area contributed by atoms with Crippen LogP contribution in [0.5, 0.6) is 5.75 Å². The summed E-state index contributed by atoms with van der Waals surface area (Å²) in [5.74, 6) is 0.455. The summed E-state index contributed by atoms with van der Waals surface area (Å²) in [6.45, 7) is 8.03. The Bertz CT molecular complexity index is 991. The molecule has 0 saturated carbocycles. The topological polar surface area (TPSA) is 84.9 Å². The van der Waals surface area contributed by atoms with Crippen LogP contribution in [0, 0.1) is 0 Å². The molecule has 0 aliphatic carbocycles.